The van der Waals surface area contributed by atoms with Gasteiger partial charge in [-0.2, -0.15) is 13.2 Å². The summed E-state index contributed by atoms with van der Waals surface area (Å²) in [5.74, 6) is 0.612. The monoisotopic (exact) mass is 345 g/mol. The molecule has 2 rings (SSSR count). The standard InChI is InChI=1S/C14H15ClF3N5/c1-7(2)22-12-11(19)13(21-6-20-12)23-8-3-4-10(15)9(5-8)14(16,17)18/h3-7H,19H2,1-2H3,(H2,20,21,22,23). The number of aromatic nitrogens is 2. The van der Waals surface area contributed by atoms with E-state index in [-0.39, 0.29) is 28.3 Å². The molecule has 124 valence electrons. The molecule has 0 spiro atoms. The van der Waals surface area contributed by atoms with Gasteiger partial charge in [0.1, 0.15) is 12.0 Å². The second kappa shape index (κ2) is 6.49. The number of halogens is 4. The van der Waals surface area contributed by atoms with Gasteiger partial charge in [-0.15, -0.1) is 0 Å². The molecule has 0 saturated heterocycles. The van der Waals surface area contributed by atoms with Crippen LogP contribution in [0.5, 0.6) is 0 Å². The second-order valence-corrected chi connectivity index (χ2v) is 5.51. The van der Waals surface area contributed by atoms with E-state index < -0.39 is 11.7 Å². The number of anilines is 4. The van der Waals surface area contributed by atoms with Crippen molar-refractivity contribution in [3.63, 3.8) is 0 Å². The highest BCUT2D eigenvalue weighted by Crippen LogP contribution is 2.37. The molecule has 2 aromatic rings. The largest absolute Gasteiger partial charge is 0.417 e. The van der Waals surface area contributed by atoms with Gasteiger partial charge in [-0.05, 0) is 32.0 Å². The molecule has 5 nitrogen and oxygen atoms in total. The number of nitrogens with zero attached hydrogens (tertiary/aromatic N) is 2. The first-order valence-electron chi connectivity index (χ1n) is 6.69. The van der Waals surface area contributed by atoms with Gasteiger partial charge in [0, 0.05) is 11.7 Å². The van der Waals surface area contributed by atoms with Gasteiger partial charge in [-0.25, -0.2) is 9.97 Å². The molecule has 0 aliphatic heterocycles. The van der Waals surface area contributed by atoms with Gasteiger partial charge < -0.3 is 16.4 Å². The number of hydrogen-bond donors (Lipinski definition) is 3. The lowest BCUT2D eigenvalue weighted by Gasteiger charge is -2.15. The summed E-state index contributed by atoms with van der Waals surface area (Å²) < 4.78 is 38.6. The Balaban J connectivity index is 2.33. The van der Waals surface area contributed by atoms with Crippen molar-refractivity contribution in [1.82, 2.24) is 9.97 Å². The summed E-state index contributed by atoms with van der Waals surface area (Å²) in [6.45, 7) is 3.81. The van der Waals surface area contributed by atoms with E-state index in [1.54, 1.807) is 0 Å². The summed E-state index contributed by atoms with van der Waals surface area (Å²) in [4.78, 5) is 7.96. The molecule has 0 unspecified atom stereocenters. The van der Waals surface area contributed by atoms with Crippen LogP contribution in [0.4, 0.5) is 36.2 Å². The highest BCUT2D eigenvalue weighted by Gasteiger charge is 2.33. The van der Waals surface area contributed by atoms with E-state index in [2.05, 4.69) is 20.6 Å². The van der Waals surface area contributed by atoms with Crippen LogP contribution < -0.4 is 16.4 Å². The molecule has 0 aliphatic rings. The Morgan fingerprint density at radius 1 is 1.17 bits per heavy atom. The van der Waals surface area contributed by atoms with Crippen molar-refractivity contribution in [2.75, 3.05) is 16.4 Å². The number of hydrogen-bond acceptors (Lipinski definition) is 5. The highest BCUT2D eigenvalue weighted by molar-refractivity contribution is 6.31. The maximum Gasteiger partial charge on any atom is 0.417 e. The molecule has 0 saturated carbocycles. The molecule has 1 aromatic heterocycles. The van der Waals surface area contributed by atoms with Gasteiger partial charge in [-0.3, -0.25) is 0 Å². The Kier molecular flexibility index (Phi) is 4.84. The first-order chi connectivity index (χ1) is 10.7. The van der Waals surface area contributed by atoms with Crippen LogP contribution in [0.25, 0.3) is 0 Å². The highest BCUT2D eigenvalue weighted by atomic mass is 35.5. The summed E-state index contributed by atoms with van der Waals surface area (Å²) in [6.07, 6.45) is -3.28. The number of nitrogens with two attached hydrogens (primary N) is 1. The summed E-state index contributed by atoms with van der Waals surface area (Å²) in [5, 5.41) is 5.40. The smallest absolute Gasteiger partial charge is 0.393 e. The first kappa shape index (κ1) is 17.1. The Morgan fingerprint density at radius 2 is 1.83 bits per heavy atom. The minimum absolute atomic E-state index is 0.0902. The zero-order valence-corrected chi connectivity index (χ0v) is 13.1. The summed E-state index contributed by atoms with van der Waals surface area (Å²) in [5.41, 5.74) is 5.38. The number of benzene rings is 1. The van der Waals surface area contributed by atoms with Gasteiger partial charge in [0.2, 0.25) is 0 Å². The molecule has 4 N–H and O–H groups in total. The van der Waals surface area contributed by atoms with Crippen molar-refractivity contribution >= 4 is 34.6 Å². The van der Waals surface area contributed by atoms with E-state index in [0.29, 0.717) is 5.82 Å². The summed E-state index contributed by atoms with van der Waals surface area (Å²) >= 11 is 5.59. The number of nitrogen functional groups attached to an aromatic ring is 1. The van der Waals surface area contributed by atoms with Gasteiger partial charge in [0.25, 0.3) is 0 Å². The fourth-order valence-electron chi connectivity index (χ4n) is 1.84. The topological polar surface area (TPSA) is 75.9 Å². The molecule has 0 amide bonds. The third-order valence-corrected chi connectivity index (χ3v) is 3.17. The number of alkyl halides is 3. The zero-order chi connectivity index (χ0) is 17.2. The second-order valence-electron chi connectivity index (χ2n) is 5.10. The molecule has 23 heavy (non-hydrogen) atoms. The molecular formula is C14H15ClF3N5. The van der Waals surface area contributed by atoms with E-state index in [1.165, 1.54) is 12.4 Å². The molecule has 0 radical (unpaired) electrons. The van der Waals surface area contributed by atoms with Gasteiger partial charge in [0.05, 0.1) is 10.6 Å². The lowest BCUT2D eigenvalue weighted by Crippen LogP contribution is -2.14. The lowest BCUT2D eigenvalue weighted by molar-refractivity contribution is -0.137. The van der Waals surface area contributed by atoms with Crippen molar-refractivity contribution in [2.45, 2.75) is 26.1 Å². The van der Waals surface area contributed by atoms with Crippen LogP contribution in [0, 0.1) is 0 Å². The first-order valence-corrected chi connectivity index (χ1v) is 7.07. The zero-order valence-electron chi connectivity index (χ0n) is 12.4. The number of rotatable bonds is 4. The third-order valence-electron chi connectivity index (χ3n) is 2.84. The Bertz CT molecular complexity index is 703. The molecule has 0 bridgehead atoms. The van der Waals surface area contributed by atoms with Crippen molar-refractivity contribution in [3.05, 3.63) is 35.1 Å². The fourth-order valence-corrected chi connectivity index (χ4v) is 2.07. The van der Waals surface area contributed by atoms with Gasteiger partial charge >= 0.3 is 6.18 Å². The normalized spacial score (nSPS) is 11.6. The predicted molar refractivity (Wildman–Crippen MR) is 84.9 cm³/mol. The van der Waals surface area contributed by atoms with Crippen LogP contribution >= 0.6 is 11.6 Å². The average Bonchev–Trinajstić information content (AvgIpc) is 2.43. The van der Waals surface area contributed by atoms with Crippen molar-refractivity contribution in [2.24, 2.45) is 0 Å². The lowest BCUT2D eigenvalue weighted by atomic mass is 10.2. The van der Waals surface area contributed by atoms with Crippen molar-refractivity contribution < 1.29 is 13.2 Å². The van der Waals surface area contributed by atoms with Crippen LogP contribution in [0.1, 0.15) is 19.4 Å². The Morgan fingerprint density at radius 3 is 2.43 bits per heavy atom. The minimum Gasteiger partial charge on any atom is -0.393 e. The van der Waals surface area contributed by atoms with Gasteiger partial charge in [0.15, 0.2) is 11.6 Å². The van der Waals surface area contributed by atoms with E-state index >= 15 is 0 Å². The summed E-state index contributed by atoms with van der Waals surface area (Å²) in [6, 6.07) is 3.57. The quantitative estimate of drug-likeness (QED) is 0.770. The molecule has 0 atom stereocenters. The van der Waals surface area contributed by atoms with Crippen LogP contribution in [-0.4, -0.2) is 16.0 Å². The van der Waals surface area contributed by atoms with Crippen LogP contribution in [0.2, 0.25) is 5.02 Å². The van der Waals surface area contributed by atoms with Crippen LogP contribution in [-0.2, 0) is 6.18 Å². The SMILES string of the molecule is CC(C)Nc1ncnc(Nc2ccc(Cl)c(C(F)(F)F)c2)c1N. The van der Waals surface area contributed by atoms with E-state index in [9.17, 15) is 13.2 Å². The number of nitrogens with one attached hydrogen (secondary N) is 2. The maximum atomic E-state index is 12.9. The molecule has 0 aliphatic carbocycles. The van der Waals surface area contributed by atoms with E-state index in [0.717, 1.165) is 12.1 Å². The van der Waals surface area contributed by atoms with E-state index in [4.69, 9.17) is 17.3 Å². The summed E-state index contributed by atoms with van der Waals surface area (Å²) in [7, 11) is 0. The third kappa shape index (κ3) is 4.16. The average molecular weight is 346 g/mol. The fraction of sp³-hybridized carbons (Fsp3) is 0.286. The predicted octanol–water partition coefficient (Wildman–Crippen LogP) is 4.29. The molecular weight excluding hydrogens is 331 g/mol. The minimum atomic E-state index is -4.55. The van der Waals surface area contributed by atoms with Gasteiger partial charge in [-0.1, -0.05) is 11.6 Å². The van der Waals surface area contributed by atoms with Crippen LogP contribution in [0.3, 0.4) is 0 Å². The van der Waals surface area contributed by atoms with E-state index in [1.807, 2.05) is 13.8 Å². The molecule has 1 heterocycles. The van der Waals surface area contributed by atoms with Crippen molar-refractivity contribution in [1.29, 1.82) is 0 Å². The van der Waals surface area contributed by atoms with Crippen LogP contribution in [0.15, 0.2) is 24.5 Å². The Labute approximate surface area is 136 Å². The molecule has 1 aromatic carbocycles. The molecule has 9 heteroatoms. The molecule has 0 fully saturated rings. The maximum absolute atomic E-state index is 12.9. The Hall–Kier alpha value is -2.22. The van der Waals surface area contributed by atoms with Crippen molar-refractivity contribution in [3.8, 4) is 0 Å².